The molecule has 0 aliphatic rings. The quantitative estimate of drug-likeness (QED) is 0.709. The first-order valence-corrected chi connectivity index (χ1v) is 9.96. The van der Waals surface area contributed by atoms with Gasteiger partial charge in [0.1, 0.15) is 0 Å². The van der Waals surface area contributed by atoms with Gasteiger partial charge in [0.25, 0.3) is 10.0 Å². The second-order valence-electron chi connectivity index (χ2n) is 6.00. The molecule has 0 saturated carbocycles. The molecule has 0 fully saturated rings. The summed E-state index contributed by atoms with van der Waals surface area (Å²) in [6, 6.07) is 12.5. The van der Waals surface area contributed by atoms with Gasteiger partial charge >= 0.3 is 0 Å². The summed E-state index contributed by atoms with van der Waals surface area (Å²) in [5, 5.41) is 3.92. The van der Waals surface area contributed by atoms with Crippen molar-refractivity contribution in [3.8, 4) is 11.4 Å². The zero-order valence-corrected chi connectivity index (χ0v) is 15.8. The summed E-state index contributed by atoms with van der Waals surface area (Å²) in [5.41, 5.74) is 2.85. The van der Waals surface area contributed by atoms with Gasteiger partial charge in [-0.2, -0.15) is 4.98 Å². The van der Waals surface area contributed by atoms with Crippen LogP contribution in [0.3, 0.4) is 0 Å². The molecule has 2 aromatic carbocycles. The maximum Gasteiger partial charge on any atom is 0.262 e. The molecule has 1 N–H and O–H groups in total. The zero-order chi connectivity index (χ0) is 18.7. The van der Waals surface area contributed by atoms with E-state index in [9.17, 15) is 8.42 Å². The van der Waals surface area contributed by atoms with E-state index in [1.807, 2.05) is 32.0 Å². The third-order valence-corrected chi connectivity index (χ3v) is 5.62. The first-order valence-electron chi connectivity index (χ1n) is 8.48. The Morgan fingerprint density at radius 1 is 1.08 bits per heavy atom. The third kappa shape index (κ3) is 3.77. The fraction of sp³-hybridized carbons (Fsp3) is 0.263. The monoisotopic (exact) mass is 371 g/mol. The lowest BCUT2D eigenvalue weighted by Gasteiger charge is -2.12. The molecule has 0 unspecified atom stereocenters. The van der Waals surface area contributed by atoms with Crippen LogP contribution in [-0.4, -0.2) is 18.6 Å². The number of rotatable bonds is 6. The molecule has 1 aromatic heterocycles. The number of nitrogens with one attached hydrogen (secondary N) is 1. The van der Waals surface area contributed by atoms with E-state index >= 15 is 0 Å². The Morgan fingerprint density at radius 2 is 1.88 bits per heavy atom. The minimum Gasteiger partial charge on any atom is -0.339 e. The van der Waals surface area contributed by atoms with Crippen LogP contribution in [0.15, 0.2) is 51.9 Å². The van der Waals surface area contributed by atoms with Crippen molar-refractivity contribution in [3.63, 3.8) is 0 Å². The van der Waals surface area contributed by atoms with E-state index in [0.29, 0.717) is 35.0 Å². The average molecular weight is 371 g/mol. The van der Waals surface area contributed by atoms with Gasteiger partial charge < -0.3 is 4.52 Å². The molecule has 0 amide bonds. The van der Waals surface area contributed by atoms with Crippen LogP contribution >= 0.6 is 0 Å². The molecule has 0 aliphatic carbocycles. The molecular formula is C19H21N3O3S. The van der Waals surface area contributed by atoms with Gasteiger partial charge in [0.2, 0.25) is 11.7 Å². The standard InChI is InChI=1S/C19H21N3O3S/c1-4-14-7-6-8-16(11-14)22-26(23,24)17-12-15(10-9-13(17)3)19-20-18(5-2)25-21-19/h6-12,22H,4-5H2,1-3H3. The molecular weight excluding hydrogens is 350 g/mol. The number of benzene rings is 2. The lowest BCUT2D eigenvalue weighted by Crippen LogP contribution is -2.14. The number of nitrogens with zero attached hydrogens (tertiary/aromatic N) is 2. The number of sulfonamides is 1. The summed E-state index contributed by atoms with van der Waals surface area (Å²) in [6.45, 7) is 5.70. The van der Waals surface area contributed by atoms with Gasteiger partial charge in [-0.25, -0.2) is 8.42 Å². The normalized spacial score (nSPS) is 11.5. The smallest absolute Gasteiger partial charge is 0.262 e. The topological polar surface area (TPSA) is 85.1 Å². The van der Waals surface area contributed by atoms with E-state index in [-0.39, 0.29) is 4.90 Å². The highest BCUT2D eigenvalue weighted by molar-refractivity contribution is 7.92. The maximum atomic E-state index is 12.9. The average Bonchev–Trinajstić information content (AvgIpc) is 3.11. The summed E-state index contributed by atoms with van der Waals surface area (Å²) in [6.07, 6.45) is 1.46. The lowest BCUT2D eigenvalue weighted by atomic mass is 10.1. The van der Waals surface area contributed by atoms with E-state index in [0.717, 1.165) is 12.0 Å². The van der Waals surface area contributed by atoms with Gasteiger partial charge in [-0.1, -0.05) is 43.3 Å². The third-order valence-electron chi connectivity index (χ3n) is 4.09. The predicted octanol–water partition coefficient (Wildman–Crippen LogP) is 3.97. The highest BCUT2D eigenvalue weighted by atomic mass is 32.2. The Kier molecular flexibility index (Phi) is 5.08. The Morgan fingerprint density at radius 3 is 2.58 bits per heavy atom. The van der Waals surface area contributed by atoms with Crippen molar-refractivity contribution in [3.05, 3.63) is 59.5 Å². The molecule has 3 rings (SSSR count). The van der Waals surface area contributed by atoms with Crippen molar-refractivity contribution in [2.75, 3.05) is 4.72 Å². The van der Waals surface area contributed by atoms with Crippen LogP contribution in [0.4, 0.5) is 5.69 Å². The van der Waals surface area contributed by atoms with Gasteiger partial charge in [-0.05, 0) is 42.7 Å². The van der Waals surface area contributed by atoms with Crippen LogP contribution in [0.1, 0.15) is 30.9 Å². The summed E-state index contributed by atoms with van der Waals surface area (Å²) in [7, 11) is -3.73. The molecule has 0 radical (unpaired) electrons. The Bertz CT molecular complexity index is 1030. The van der Waals surface area contributed by atoms with Gasteiger partial charge in [-0.15, -0.1) is 0 Å². The SMILES string of the molecule is CCc1cccc(NS(=O)(=O)c2cc(-c3noc(CC)n3)ccc2C)c1. The van der Waals surface area contributed by atoms with Crippen LogP contribution in [0, 0.1) is 6.92 Å². The van der Waals surface area contributed by atoms with Crippen molar-refractivity contribution < 1.29 is 12.9 Å². The predicted molar refractivity (Wildman–Crippen MR) is 100 cm³/mol. The van der Waals surface area contributed by atoms with E-state index < -0.39 is 10.0 Å². The van der Waals surface area contributed by atoms with Crippen molar-refractivity contribution in [2.45, 2.75) is 38.5 Å². The van der Waals surface area contributed by atoms with E-state index in [1.165, 1.54) is 0 Å². The number of aromatic nitrogens is 2. The molecule has 136 valence electrons. The first kappa shape index (κ1) is 18.1. The molecule has 3 aromatic rings. The molecule has 0 aliphatic heterocycles. The molecule has 6 nitrogen and oxygen atoms in total. The zero-order valence-electron chi connectivity index (χ0n) is 15.0. The molecule has 0 saturated heterocycles. The van der Waals surface area contributed by atoms with Crippen molar-refractivity contribution in [1.82, 2.24) is 10.1 Å². The van der Waals surface area contributed by atoms with Crippen molar-refractivity contribution in [1.29, 1.82) is 0 Å². The second kappa shape index (κ2) is 7.29. The highest BCUT2D eigenvalue weighted by Crippen LogP contribution is 2.25. The van der Waals surface area contributed by atoms with Gasteiger partial charge in [0, 0.05) is 17.7 Å². The molecule has 0 atom stereocenters. The molecule has 0 bridgehead atoms. The minimum absolute atomic E-state index is 0.194. The van der Waals surface area contributed by atoms with Crippen LogP contribution in [0.2, 0.25) is 0 Å². The van der Waals surface area contributed by atoms with Gasteiger partial charge in [0.15, 0.2) is 0 Å². The van der Waals surface area contributed by atoms with Crippen LogP contribution in [0.25, 0.3) is 11.4 Å². The number of anilines is 1. The van der Waals surface area contributed by atoms with Crippen molar-refractivity contribution >= 4 is 15.7 Å². The van der Waals surface area contributed by atoms with Crippen LogP contribution in [0.5, 0.6) is 0 Å². The molecule has 0 spiro atoms. The Balaban J connectivity index is 1.97. The molecule has 26 heavy (non-hydrogen) atoms. The minimum atomic E-state index is -3.73. The number of aryl methyl sites for hydroxylation is 3. The molecule has 7 heteroatoms. The van der Waals surface area contributed by atoms with Gasteiger partial charge in [-0.3, -0.25) is 4.72 Å². The van der Waals surface area contributed by atoms with Crippen LogP contribution in [-0.2, 0) is 22.9 Å². The Hall–Kier alpha value is -2.67. The largest absolute Gasteiger partial charge is 0.339 e. The fourth-order valence-electron chi connectivity index (χ4n) is 2.61. The van der Waals surface area contributed by atoms with E-state index in [2.05, 4.69) is 14.9 Å². The molecule has 1 heterocycles. The lowest BCUT2D eigenvalue weighted by molar-refractivity contribution is 0.383. The maximum absolute atomic E-state index is 12.9. The number of hydrogen-bond acceptors (Lipinski definition) is 5. The van der Waals surface area contributed by atoms with Gasteiger partial charge in [0.05, 0.1) is 4.90 Å². The second-order valence-corrected chi connectivity index (χ2v) is 7.66. The van der Waals surface area contributed by atoms with Crippen molar-refractivity contribution in [2.24, 2.45) is 0 Å². The van der Waals surface area contributed by atoms with Crippen LogP contribution < -0.4 is 4.72 Å². The first-order chi connectivity index (χ1) is 12.4. The fourth-order valence-corrected chi connectivity index (χ4v) is 3.93. The summed E-state index contributed by atoms with van der Waals surface area (Å²) in [5.74, 6) is 0.894. The van der Waals surface area contributed by atoms with E-state index in [4.69, 9.17) is 4.52 Å². The van der Waals surface area contributed by atoms with E-state index in [1.54, 1.807) is 31.2 Å². The summed E-state index contributed by atoms with van der Waals surface area (Å²) < 4.78 is 33.6. The number of hydrogen-bond donors (Lipinski definition) is 1. The highest BCUT2D eigenvalue weighted by Gasteiger charge is 2.19. The summed E-state index contributed by atoms with van der Waals surface area (Å²) >= 11 is 0. The summed E-state index contributed by atoms with van der Waals surface area (Å²) in [4.78, 5) is 4.46. The Labute approximate surface area is 153 Å².